The van der Waals surface area contributed by atoms with Gasteiger partial charge in [-0.25, -0.2) is 10.1 Å². The van der Waals surface area contributed by atoms with Crippen molar-refractivity contribution in [2.75, 3.05) is 0 Å². The van der Waals surface area contributed by atoms with E-state index in [4.69, 9.17) is 9.88 Å². The number of cyclic esters (lactones) is 1. The highest BCUT2D eigenvalue weighted by Crippen LogP contribution is 2.40. The summed E-state index contributed by atoms with van der Waals surface area (Å²) in [6.07, 6.45) is 0.259. The first-order valence-electron chi connectivity index (χ1n) is 13.1. The second kappa shape index (κ2) is 11.8. The highest BCUT2D eigenvalue weighted by atomic mass is 32.2. The quantitative estimate of drug-likeness (QED) is 0.369. The number of hydrogen-bond donors (Lipinski definition) is 3. The fourth-order valence-corrected chi connectivity index (χ4v) is 7.17. The van der Waals surface area contributed by atoms with Gasteiger partial charge in [0, 0.05) is 29.8 Å². The van der Waals surface area contributed by atoms with Gasteiger partial charge in [-0.1, -0.05) is 34.1 Å². The molecule has 12 heteroatoms. The van der Waals surface area contributed by atoms with Crippen LogP contribution in [0.3, 0.4) is 0 Å². The Hall–Kier alpha value is -1.70. The van der Waals surface area contributed by atoms with E-state index < -0.39 is 58.3 Å². The minimum atomic E-state index is -3.97. The minimum Gasteiger partial charge on any atom is -0.458 e. The zero-order valence-electron chi connectivity index (χ0n) is 23.0. The summed E-state index contributed by atoms with van der Waals surface area (Å²) in [5, 5.41) is 30.0. The molecule has 0 radical (unpaired) electrons. The van der Waals surface area contributed by atoms with Crippen LogP contribution in [-0.4, -0.2) is 70.1 Å². The van der Waals surface area contributed by atoms with E-state index in [0.717, 1.165) is 5.01 Å². The van der Waals surface area contributed by atoms with Crippen molar-refractivity contribution in [1.82, 2.24) is 9.29 Å². The molecular formula is C26H41N3O7S2. The minimum absolute atomic E-state index is 0.200. The summed E-state index contributed by atoms with van der Waals surface area (Å²) in [7, 11) is -3.97. The van der Waals surface area contributed by atoms with Crippen LogP contribution >= 0.6 is 11.3 Å². The summed E-state index contributed by atoms with van der Waals surface area (Å²) in [5.74, 6) is -2.02. The molecule has 0 bridgehead atoms. The summed E-state index contributed by atoms with van der Waals surface area (Å²) < 4.78 is 31.6. The highest BCUT2D eigenvalue weighted by molar-refractivity contribution is 7.87. The average Bonchev–Trinajstić information content (AvgIpc) is 3.36. The second-order valence-corrected chi connectivity index (χ2v) is 13.9. The molecule has 1 aromatic rings. The molecule has 0 amide bonds. The van der Waals surface area contributed by atoms with Crippen LogP contribution in [0.4, 0.5) is 0 Å². The molecule has 3 rings (SSSR count). The first-order chi connectivity index (χ1) is 17.5. The number of fused-ring (bicyclic) bond motifs is 1. The zero-order valence-corrected chi connectivity index (χ0v) is 24.6. The highest BCUT2D eigenvalue weighted by Gasteiger charge is 2.54. The van der Waals surface area contributed by atoms with Gasteiger partial charge in [0.15, 0.2) is 0 Å². The van der Waals surface area contributed by atoms with Crippen LogP contribution < -0.4 is 5.14 Å². The van der Waals surface area contributed by atoms with Gasteiger partial charge in [0.25, 0.3) is 10.2 Å². The maximum atomic E-state index is 13.2. The number of Topliss-reactive ketones (excluding diaryl/α,β-unsaturated/α-hetero) is 1. The molecule has 0 aliphatic carbocycles. The number of aryl methyl sites for hydroxylation is 1. The van der Waals surface area contributed by atoms with Crippen LogP contribution in [-0.2, 0) is 24.5 Å². The number of ether oxygens (including phenoxy) is 1. The van der Waals surface area contributed by atoms with Crippen molar-refractivity contribution in [3.63, 3.8) is 0 Å². The SMILES string of the molecule is C/C(=C\c1csc(C)n1)[C@@H]1C[C@H]2[C@@H](CCC[C@H](C)C(O)[C@@H](C)C(=O)C(C)(C)[C@@H](O)CC(=O)O1)N2S(N)(=O)=O. The molecule has 2 aliphatic rings. The number of aromatic nitrogens is 1. The van der Waals surface area contributed by atoms with Gasteiger partial charge < -0.3 is 14.9 Å². The Balaban J connectivity index is 1.94. The van der Waals surface area contributed by atoms with E-state index in [1.54, 1.807) is 33.8 Å². The van der Waals surface area contributed by atoms with E-state index in [1.807, 2.05) is 19.2 Å². The van der Waals surface area contributed by atoms with Crippen molar-refractivity contribution < 1.29 is 33.0 Å². The number of carbonyl (C=O) groups excluding carboxylic acids is 2. The fraction of sp³-hybridized carbons (Fsp3) is 0.731. The van der Waals surface area contributed by atoms with E-state index in [-0.39, 0.29) is 24.2 Å². The topological polar surface area (TPSA) is 160 Å². The lowest BCUT2D eigenvalue weighted by Crippen LogP contribution is -2.45. The number of ketones is 1. The van der Waals surface area contributed by atoms with Crippen LogP contribution in [0.1, 0.15) is 77.4 Å². The molecule has 214 valence electrons. The maximum absolute atomic E-state index is 13.2. The zero-order chi connectivity index (χ0) is 28.6. The van der Waals surface area contributed by atoms with E-state index in [1.165, 1.54) is 15.6 Å². The van der Waals surface area contributed by atoms with Gasteiger partial charge in [-0.2, -0.15) is 12.7 Å². The lowest BCUT2D eigenvalue weighted by Gasteiger charge is -2.34. The molecule has 2 unspecified atom stereocenters. The molecule has 0 aromatic carbocycles. The smallest absolute Gasteiger partial charge is 0.309 e. The number of nitrogens with two attached hydrogens (primary N) is 1. The van der Waals surface area contributed by atoms with Crippen molar-refractivity contribution in [2.45, 2.75) is 104 Å². The number of nitrogens with zero attached hydrogens (tertiary/aromatic N) is 2. The van der Waals surface area contributed by atoms with E-state index in [9.17, 15) is 28.2 Å². The average molecular weight is 572 g/mol. The van der Waals surface area contributed by atoms with Crippen molar-refractivity contribution >= 4 is 39.4 Å². The summed E-state index contributed by atoms with van der Waals surface area (Å²) >= 11 is 1.48. The first kappa shape index (κ1) is 30.8. The number of thiazole rings is 1. The Morgan fingerprint density at radius 1 is 1.24 bits per heavy atom. The standard InChI is InChI=1S/C26H41N3O7S2/c1-14-8-7-9-19-20(29(19)38(27,34)35)11-21(15(2)10-18-13-37-17(4)28-18)36-23(31)12-22(30)26(5,6)25(33)16(3)24(14)32/h10,13-14,16,19-22,24,30,32H,7-9,11-12H2,1-6H3,(H2,27,34,35)/b15-10+/t14-,16+,19+,20-,21-,22-,24?,29?/m0/s1. The van der Waals surface area contributed by atoms with Gasteiger partial charge in [-0.3, -0.25) is 9.59 Å². The summed E-state index contributed by atoms with van der Waals surface area (Å²) in [5.41, 5.74) is 0.0953. The molecule has 0 saturated carbocycles. The lowest BCUT2D eigenvalue weighted by molar-refractivity contribution is -0.154. The molecule has 10 nitrogen and oxygen atoms in total. The Labute approximate surface area is 229 Å². The molecule has 3 heterocycles. The Morgan fingerprint density at radius 3 is 2.47 bits per heavy atom. The van der Waals surface area contributed by atoms with Gasteiger partial charge in [-0.15, -0.1) is 11.3 Å². The molecular weight excluding hydrogens is 530 g/mol. The fourth-order valence-electron chi connectivity index (χ4n) is 5.42. The molecule has 2 aliphatic heterocycles. The lowest BCUT2D eigenvalue weighted by atomic mass is 9.73. The summed E-state index contributed by atoms with van der Waals surface area (Å²) in [6, 6.07) is -0.792. The largest absolute Gasteiger partial charge is 0.458 e. The molecule has 2 fully saturated rings. The normalized spacial score (nSPS) is 35.9. The Morgan fingerprint density at radius 2 is 1.89 bits per heavy atom. The van der Waals surface area contributed by atoms with Crippen molar-refractivity contribution in [2.24, 2.45) is 22.4 Å². The third-order valence-electron chi connectivity index (χ3n) is 8.05. The maximum Gasteiger partial charge on any atom is 0.309 e. The van der Waals surface area contributed by atoms with E-state index >= 15 is 0 Å². The third-order valence-corrected chi connectivity index (χ3v) is 9.97. The molecule has 4 N–H and O–H groups in total. The van der Waals surface area contributed by atoms with Crippen LogP contribution in [0.15, 0.2) is 11.0 Å². The molecule has 1 aromatic heterocycles. The molecule has 38 heavy (non-hydrogen) atoms. The third kappa shape index (κ3) is 7.08. The van der Waals surface area contributed by atoms with Gasteiger partial charge in [-0.05, 0) is 44.3 Å². The van der Waals surface area contributed by atoms with Crippen LogP contribution in [0.5, 0.6) is 0 Å². The monoisotopic (exact) mass is 571 g/mol. The van der Waals surface area contributed by atoms with E-state index in [2.05, 4.69) is 4.98 Å². The van der Waals surface area contributed by atoms with Gasteiger partial charge in [0.1, 0.15) is 11.9 Å². The number of aliphatic hydroxyl groups excluding tert-OH is 2. The predicted octanol–water partition coefficient (Wildman–Crippen LogP) is 2.58. The Bertz CT molecular complexity index is 1160. The van der Waals surface area contributed by atoms with Crippen molar-refractivity contribution in [3.05, 3.63) is 21.7 Å². The predicted molar refractivity (Wildman–Crippen MR) is 145 cm³/mol. The van der Waals surface area contributed by atoms with Crippen LogP contribution in [0.25, 0.3) is 6.08 Å². The number of esters is 1. The summed E-state index contributed by atoms with van der Waals surface area (Å²) in [6.45, 7) is 10.3. The molecule has 2 saturated heterocycles. The van der Waals surface area contributed by atoms with Gasteiger partial charge in [0.2, 0.25) is 0 Å². The van der Waals surface area contributed by atoms with Gasteiger partial charge >= 0.3 is 5.97 Å². The van der Waals surface area contributed by atoms with Crippen molar-refractivity contribution in [1.29, 1.82) is 0 Å². The Kier molecular flexibility index (Phi) is 9.58. The first-order valence-corrected chi connectivity index (χ1v) is 15.4. The number of aliphatic hydroxyl groups is 2. The molecule has 8 atom stereocenters. The van der Waals surface area contributed by atoms with Gasteiger partial charge in [0.05, 0.1) is 34.7 Å². The summed E-state index contributed by atoms with van der Waals surface area (Å²) in [4.78, 5) is 30.7. The van der Waals surface area contributed by atoms with Crippen molar-refractivity contribution in [3.8, 4) is 0 Å². The number of carbonyl (C=O) groups is 2. The molecule has 0 spiro atoms. The van der Waals surface area contributed by atoms with E-state index in [0.29, 0.717) is 30.5 Å². The van der Waals surface area contributed by atoms with Crippen LogP contribution in [0.2, 0.25) is 0 Å². The number of rotatable bonds is 3. The van der Waals surface area contributed by atoms with Crippen LogP contribution in [0, 0.1) is 24.2 Å². The number of hydrogen-bond acceptors (Lipinski definition) is 9. The second-order valence-electron chi connectivity index (χ2n) is 11.4.